The second-order valence-electron chi connectivity index (χ2n) is 8.26. The number of H-pyrrole nitrogens is 1. The molecule has 2 aromatic carbocycles. The van der Waals surface area contributed by atoms with Crippen molar-refractivity contribution in [1.29, 1.82) is 0 Å². The molecule has 1 saturated heterocycles. The largest absolute Gasteiger partial charge is 0.457 e. The minimum atomic E-state index is 0.808. The predicted octanol–water partition coefficient (Wildman–Crippen LogP) is 5.82. The van der Waals surface area contributed by atoms with Gasteiger partial charge in [0.15, 0.2) is 0 Å². The van der Waals surface area contributed by atoms with Gasteiger partial charge in [-0.05, 0) is 79.3 Å². The maximum absolute atomic E-state index is 6.06. The summed E-state index contributed by atoms with van der Waals surface area (Å²) in [7, 11) is 0. The van der Waals surface area contributed by atoms with Crippen molar-refractivity contribution in [3.05, 3.63) is 60.9 Å². The minimum absolute atomic E-state index is 0.808. The standard InChI is InChI=1S/C25H28N4O2/c1(3-19-11-15-30-16-12-19)2-14-29-18-21-17-23(8-9-25(21)28-29)31-22-6-4-20(5-7-22)24-10-13-26-27-24/h4-10,13,17-19H,1-3,11-12,14-16H2,(H,26,27). The van der Waals surface area contributed by atoms with Gasteiger partial charge >= 0.3 is 0 Å². The number of fused-ring (bicyclic) bond motifs is 1. The number of nitrogens with one attached hydrogen (secondary N) is 1. The average molecular weight is 417 g/mol. The lowest BCUT2D eigenvalue weighted by Gasteiger charge is -2.21. The van der Waals surface area contributed by atoms with E-state index < -0.39 is 0 Å². The van der Waals surface area contributed by atoms with E-state index in [0.717, 1.165) is 65.8 Å². The molecule has 3 heterocycles. The summed E-state index contributed by atoms with van der Waals surface area (Å²) >= 11 is 0. The fraction of sp³-hybridized carbons (Fsp3) is 0.360. The van der Waals surface area contributed by atoms with Crippen LogP contribution in [0.2, 0.25) is 0 Å². The van der Waals surface area contributed by atoms with E-state index in [1.807, 2.05) is 42.5 Å². The van der Waals surface area contributed by atoms with E-state index >= 15 is 0 Å². The van der Waals surface area contributed by atoms with E-state index in [9.17, 15) is 0 Å². The van der Waals surface area contributed by atoms with Crippen LogP contribution >= 0.6 is 0 Å². The third-order valence-corrected chi connectivity index (χ3v) is 6.02. The summed E-state index contributed by atoms with van der Waals surface area (Å²) in [6.45, 7) is 2.84. The zero-order valence-corrected chi connectivity index (χ0v) is 17.7. The molecular formula is C25H28N4O2. The van der Waals surface area contributed by atoms with Crippen molar-refractivity contribution in [3.63, 3.8) is 0 Å². The molecule has 31 heavy (non-hydrogen) atoms. The quantitative estimate of drug-likeness (QED) is 0.368. The van der Waals surface area contributed by atoms with Crippen molar-refractivity contribution in [3.8, 4) is 22.8 Å². The molecule has 1 aliphatic rings. The number of unbranched alkanes of at least 4 members (excludes halogenated alkanes) is 1. The number of aryl methyl sites for hydroxylation is 1. The SMILES string of the molecule is c1cc(-c2ccc(Oc3ccc4nn(CCCCC5CCOCC5)cc4c3)cc2)[nH]n1. The van der Waals surface area contributed by atoms with Gasteiger partial charge in [0.05, 0.1) is 11.2 Å². The lowest BCUT2D eigenvalue weighted by atomic mass is 9.94. The molecular weight excluding hydrogens is 388 g/mol. The van der Waals surface area contributed by atoms with Crippen LogP contribution < -0.4 is 4.74 Å². The minimum Gasteiger partial charge on any atom is -0.457 e. The zero-order valence-electron chi connectivity index (χ0n) is 17.7. The van der Waals surface area contributed by atoms with Gasteiger partial charge in [-0.1, -0.05) is 12.8 Å². The molecule has 0 amide bonds. The third kappa shape index (κ3) is 4.97. The summed E-state index contributed by atoms with van der Waals surface area (Å²) in [5.41, 5.74) is 3.08. The van der Waals surface area contributed by atoms with Gasteiger partial charge in [-0.3, -0.25) is 9.78 Å². The van der Waals surface area contributed by atoms with Crippen LogP contribution in [-0.4, -0.2) is 33.2 Å². The number of benzene rings is 2. The lowest BCUT2D eigenvalue weighted by Crippen LogP contribution is -2.15. The van der Waals surface area contributed by atoms with E-state index in [0.29, 0.717) is 0 Å². The number of hydrogen-bond acceptors (Lipinski definition) is 4. The fourth-order valence-corrected chi connectivity index (χ4v) is 4.23. The van der Waals surface area contributed by atoms with Crippen LogP contribution in [0.4, 0.5) is 0 Å². The summed E-state index contributed by atoms with van der Waals surface area (Å²) in [6.07, 6.45) is 10.0. The molecule has 0 radical (unpaired) electrons. The summed E-state index contributed by atoms with van der Waals surface area (Å²) in [6, 6.07) is 16.0. The highest BCUT2D eigenvalue weighted by Crippen LogP contribution is 2.27. The van der Waals surface area contributed by atoms with Crippen molar-refractivity contribution in [2.75, 3.05) is 13.2 Å². The topological polar surface area (TPSA) is 65.0 Å². The molecule has 6 nitrogen and oxygen atoms in total. The first kappa shape index (κ1) is 19.8. The Morgan fingerprint density at radius 1 is 1.00 bits per heavy atom. The monoisotopic (exact) mass is 416 g/mol. The zero-order chi connectivity index (χ0) is 20.9. The van der Waals surface area contributed by atoms with Crippen LogP contribution in [0.5, 0.6) is 11.5 Å². The highest BCUT2D eigenvalue weighted by Gasteiger charge is 2.13. The van der Waals surface area contributed by atoms with E-state index in [1.165, 1.54) is 25.7 Å². The highest BCUT2D eigenvalue weighted by atomic mass is 16.5. The summed E-state index contributed by atoms with van der Waals surface area (Å²) in [5, 5.41) is 12.8. The van der Waals surface area contributed by atoms with E-state index in [2.05, 4.69) is 27.1 Å². The highest BCUT2D eigenvalue weighted by molar-refractivity contribution is 5.79. The van der Waals surface area contributed by atoms with Crippen molar-refractivity contribution < 1.29 is 9.47 Å². The number of aromatic amines is 1. The van der Waals surface area contributed by atoms with Crippen LogP contribution in [0.25, 0.3) is 22.2 Å². The second-order valence-corrected chi connectivity index (χ2v) is 8.26. The van der Waals surface area contributed by atoms with Crippen LogP contribution in [0.15, 0.2) is 60.9 Å². The number of nitrogens with zero attached hydrogens (tertiary/aromatic N) is 3. The number of hydrogen-bond donors (Lipinski definition) is 1. The Morgan fingerprint density at radius 3 is 2.65 bits per heavy atom. The first-order valence-corrected chi connectivity index (χ1v) is 11.2. The molecule has 0 aliphatic carbocycles. The second kappa shape index (κ2) is 9.35. The van der Waals surface area contributed by atoms with Crippen LogP contribution in [-0.2, 0) is 11.3 Å². The summed E-state index contributed by atoms with van der Waals surface area (Å²) in [4.78, 5) is 0. The first-order valence-electron chi connectivity index (χ1n) is 11.2. The van der Waals surface area contributed by atoms with Crippen molar-refractivity contribution in [2.45, 2.75) is 38.6 Å². The molecule has 160 valence electrons. The van der Waals surface area contributed by atoms with Gasteiger partial charge in [-0.25, -0.2) is 0 Å². The summed E-state index contributed by atoms with van der Waals surface area (Å²) in [5.74, 6) is 2.47. The fourth-order valence-electron chi connectivity index (χ4n) is 4.23. The number of ether oxygens (including phenoxy) is 2. The summed E-state index contributed by atoms with van der Waals surface area (Å²) < 4.78 is 13.6. The smallest absolute Gasteiger partial charge is 0.128 e. The Labute approximate surface area is 182 Å². The van der Waals surface area contributed by atoms with Crippen LogP contribution in [0.3, 0.4) is 0 Å². The van der Waals surface area contributed by atoms with Gasteiger partial charge in [0.1, 0.15) is 11.5 Å². The number of rotatable bonds is 8. The molecule has 6 heteroatoms. The molecule has 0 unspecified atom stereocenters. The van der Waals surface area contributed by atoms with Gasteiger partial charge < -0.3 is 9.47 Å². The number of aromatic nitrogens is 4. The molecule has 0 bridgehead atoms. The Bertz CT molecular complexity index is 1100. The van der Waals surface area contributed by atoms with Crippen molar-refractivity contribution in [2.24, 2.45) is 5.92 Å². The van der Waals surface area contributed by atoms with Gasteiger partial charge in [0.2, 0.25) is 0 Å². The molecule has 0 atom stereocenters. The maximum atomic E-state index is 6.06. The molecule has 0 saturated carbocycles. The Kier molecular flexibility index (Phi) is 5.98. The molecule has 1 N–H and O–H groups in total. The Balaban J connectivity index is 1.17. The van der Waals surface area contributed by atoms with E-state index in [1.54, 1.807) is 6.20 Å². The van der Waals surface area contributed by atoms with Crippen molar-refractivity contribution in [1.82, 2.24) is 20.0 Å². The Morgan fingerprint density at radius 2 is 1.84 bits per heavy atom. The van der Waals surface area contributed by atoms with Crippen LogP contribution in [0, 0.1) is 5.92 Å². The van der Waals surface area contributed by atoms with Gasteiger partial charge in [0.25, 0.3) is 0 Å². The van der Waals surface area contributed by atoms with Crippen LogP contribution in [0.1, 0.15) is 32.1 Å². The van der Waals surface area contributed by atoms with Gasteiger partial charge in [-0.15, -0.1) is 0 Å². The molecule has 4 aromatic rings. The molecule has 1 aliphatic heterocycles. The first-order chi connectivity index (χ1) is 15.3. The molecule has 2 aromatic heterocycles. The average Bonchev–Trinajstić information content (AvgIpc) is 3.48. The normalized spacial score (nSPS) is 14.8. The third-order valence-electron chi connectivity index (χ3n) is 6.02. The van der Waals surface area contributed by atoms with Crippen molar-refractivity contribution >= 4 is 10.9 Å². The van der Waals surface area contributed by atoms with Gasteiger partial charge in [0, 0.05) is 37.5 Å². The molecule has 1 fully saturated rings. The maximum Gasteiger partial charge on any atom is 0.128 e. The molecule has 5 rings (SSSR count). The Hall–Kier alpha value is -3.12. The lowest BCUT2D eigenvalue weighted by molar-refractivity contribution is 0.0630. The molecule has 0 spiro atoms. The van der Waals surface area contributed by atoms with E-state index in [4.69, 9.17) is 14.6 Å². The van der Waals surface area contributed by atoms with Gasteiger partial charge in [-0.2, -0.15) is 10.2 Å². The predicted molar refractivity (Wildman–Crippen MR) is 121 cm³/mol. The van der Waals surface area contributed by atoms with E-state index in [-0.39, 0.29) is 0 Å².